The van der Waals surface area contributed by atoms with Gasteiger partial charge in [-0.2, -0.15) is 10.2 Å². The zero-order chi connectivity index (χ0) is 9.42. The molecule has 0 aromatic heterocycles. The fourth-order valence-electron chi connectivity index (χ4n) is 1.22. The van der Waals surface area contributed by atoms with Gasteiger partial charge < -0.3 is 5.32 Å². The Balaban J connectivity index is 2.40. The average molecular weight is 196 g/mol. The third-order valence-electron chi connectivity index (χ3n) is 1.86. The molecule has 0 saturated heterocycles. The monoisotopic (exact) mass is 196 g/mol. The van der Waals surface area contributed by atoms with Crippen molar-refractivity contribution in [2.75, 3.05) is 6.26 Å². The topological polar surface area (TPSA) is 66.2 Å². The molecule has 2 heterocycles. The van der Waals surface area contributed by atoms with Crippen LogP contribution in [-0.4, -0.2) is 23.5 Å². The number of allylic oxidation sites excluding steroid dienone is 1. The predicted molar refractivity (Wildman–Crippen MR) is 50.4 cm³/mol. The first-order valence-corrected chi connectivity index (χ1v) is 4.99. The molecule has 0 spiro atoms. The van der Waals surface area contributed by atoms with Crippen molar-refractivity contribution in [1.29, 1.82) is 0 Å². The molecule has 0 bridgehead atoms. The highest BCUT2D eigenvalue weighted by atomic mass is 32.2. The highest BCUT2D eigenvalue weighted by Crippen LogP contribution is 2.26. The van der Waals surface area contributed by atoms with Gasteiger partial charge >= 0.3 is 0 Å². The van der Waals surface area contributed by atoms with Crippen LogP contribution in [0.25, 0.3) is 0 Å². The van der Waals surface area contributed by atoms with E-state index in [1.165, 1.54) is 11.8 Å². The second-order valence-electron chi connectivity index (χ2n) is 2.68. The van der Waals surface area contributed by atoms with Crippen LogP contribution in [0.5, 0.6) is 0 Å². The van der Waals surface area contributed by atoms with Gasteiger partial charge in [0.05, 0.1) is 11.3 Å². The van der Waals surface area contributed by atoms with Gasteiger partial charge in [-0.1, -0.05) is 11.8 Å². The maximum absolute atomic E-state index is 11.5. The second kappa shape index (κ2) is 2.95. The minimum absolute atomic E-state index is 0.133. The van der Waals surface area contributed by atoms with Crippen LogP contribution in [0, 0.1) is 0 Å². The lowest BCUT2D eigenvalue weighted by Gasteiger charge is -2.16. The highest BCUT2D eigenvalue weighted by molar-refractivity contribution is 8.13. The Morgan fingerprint density at radius 2 is 2.31 bits per heavy atom. The van der Waals surface area contributed by atoms with Crippen LogP contribution < -0.4 is 5.32 Å². The summed E-state index contributed by atoms with van der Waals surface area (Å²) < 4.78 is 0. The molecule has 6 heteroatoms. The number of carbonyl (C=O) groups is 1. The molecular formula is C7H8N4OS. The zero-order valence-electron chi connectivity index (χ0n) is 7.24. The summed E-state index contributed by atoms with van der Waals surface area (Å²) in [5, 5.41) is 11.0. The molecule has 1 N–H and O–H groups in total. The first kappa shape index (κ1) is 8.43. The molecule has 13 heavy (non-hydrogen) atoms. The standard InChI is InChI=1S/C7H8N4OS/c1-3-4-5(11-10-3)8-7(13-2)9-6(4)12/h5H,1-2H3,(H,8,9,12). The van der Waals surface area contributed by atoms with Crippen molar-refractivity contribution in [3.8, 4) is 0 Å². The zero-order valence-corrected chi connectivity index (χ0v) is 8.05. The van der Waals surface area contributed by atoms with E-state index in [1.54, 1.807) is 6.92 Å². The van der Waals surface area contributed by atoms with E-state index >= 15 is 0 Å². The summed E-state index contributed by atoms with van der Waals surface area (Å²) in [5.41, 5.74) is 1.23. The number of nitrogens with one attached hydrogen (secondary N) is 1. The van der Waals surface area contributed by atoms with E-state index in [-0.39, 0.29) is 5.91 Å². The first-order valence-electron chi connectivity index (χ1n) is 3.77. The van der Waals surface area contributed by atoms with Crippen LogP contribution in [0.3, 0.4) is 0 Å². The van der Waals surface area contributed by atoms with Crippen LogP contribution in [0.2, 0.25) is 0 Å². The van der Waals surface area contributed by atoms with Gasteiger partial charge in [0.1, 0.15) is 0 Å². The molecule has 0 saturated carbocycles. The molecule has 0 aromatic rings. The molecule has 1 atom stereocenters. The third-order valence-corrected chi connectivity index (χ3v) is 2.46. The largest absolute Gasteiger partial charge is 0.301 e. The van der Waals surface area contributed by atoms with E-state index in [1.807, 2.05) is 6.26 Å². The van der Waals surface area contributed by atoms with E-state index in [0.29, 0.717) is 16.4 Å². The molecule has 5 nitrogen and oxygen atoms in total. The summed E-state index contributed by atoms with van der Waals surface area (Å²) in [6.45, 7) is 1.76. The van der Waals surface area contributed by atoms with Gasteiger partial charge in [0.25, 0.3) is 5.91 Å². The lowest BCUT2D eigenvalue weighted by Crippen LogP contribution is -2.37. The number of hydrogen-bond donors (Lipinski definition) is 1. The van der Waals surface area contributed by atoms with Gasteiger partial charge in [0.15, 0.2) is 11.3 Å². The Hall–Kier alpha value is -1.17. The molecule has 0 aromatic carbocycles. The number of carbonyl (C=O) groups excluding carboxylic acids is 1. The molecule has 0 aliphatic carbocycles. The van der Waals surface area contributed by atoms with Crippen molar-refractivity contribution in [1.82, 2.24) is 5.32 Å². The molecule has 0 radical (unpaired) electrons. The molecule has 0 fully saturated rings. The van der Waals surface area contributed by atoms with Crippen molar-refractivity contribution >= 4 is 22.8 Å². The number of amidine groups is 1. The summed E-state index contributed by atoms with van der Waals surface area (Å²) in [4.78, 5) is 15.7. The average Bonchev–Trinajstić information content (AvgIpc) is 2.48. The number of amides is 1. The maximum Gasteiger partial charge on any atom is 0.259 e. The quantitative estimate of drug-likeness (QED) is 0.625. The Bertz CT molecular complexity index is 358. The molecule has 68 valence electrons. The van der Waals surface area contributed by atoms with Crippen LogP contribution in [0.15, 0.2) is 26.5 Å². The van der Waals surface area contributed by atoms with Crippen LogP contribution in [0.4, 0.5) is 0 Å². The van der Waals surface area contributed by atoms with E-state index in [9.17, 15) is 4.79 Å². The van der Waals surface area contributed by atoms with Gasteiger partial charge in [-0.3, -0.25) is 4.79 Å². The maximum atomic E-state index is 11.5. The minimum Gasteiger partial charge on any atom is -0.301 e. The Labute approximate surface area is 79.4 Å². The summed E-state index contributed by atoms with van der Waals surface area (Å²) in [5.74, 6) is -0.133. The van der Waals surface area contributed by atoms with Gasteiger partial charge in [-0.25, -0.2) is 4.99 Å². The van der Waals surface area contributed by atoms with Gasteiger partial charge in [-0.05, 0) is 13.2 Å². The SMILES string of the molecule is CSC1=NC2N=NC(C)=C2C(=O)N1. The van der Waals surface area contributed by atoms with Crippen molar-refractivity contribution in [3.63, 3.8) is 0 Å². The summed E-state index contributed by atoms with van der Waals surface area (Å²) in [6.07, 6.45) is 1.45. The van der Waals surface area contributed by atoms with E-state index in [0.717, 1.165) is 0 Å². The number of hydrogen-bond acceptors (Lipinski definition) is 5. The number of fused-ring (bicyclic) bond motifs is 1. The normalized spacial score (nSPS) is 25.8. The Kier molecular flexibility index (Phi) is 1.91. The fraction of sp³-hybridized carbons (Fsp3) is 0.429. The van der Waals surface area contributed by atoms with Crippen molar-refractivity contribution in [2.45, 2.75) is 13.1 Å². The molecule has 2 rings (SSSR count). The number of azo groups is 1. The van der Waals surface area contributed by atoms with Crippen molar-refractivity contribution in [3.05, 3.63) is 11.3 Å². The second-order valence-corrected chi connectivity index (χ2v) is 3.48. The number of aliphatic imine (C=N–C) groups is 1. The smallest absolute Gasteiger partial charge is 0.259 e. The van der Waals surface area contributed by atoms with Crippen LogP contribution >= 0.6 is 11.8 Å². The number of nitrogens with zero attached hydrogens (tertiary/aromatic N) is 3. The summed E-state index contributed by atoms with van der Waals surface area (Å²) in [7, 11) is 0. The fourth-order valence-corrected chi connectivity index (χ4v) is 1.62. The molecular weight excluding hydrogens is 188 g/mol. The number of rotatable bonds is 0. The molecule has 2 aliphatic heterocycles. The lowest BCUT2D eigenvalue weighted by molar-refractivity contribution is -0.116. The molecule has 1 unspecified atom stereocenters. The van der Waals surface area contributed by atoms with Crippen molar-refractivity contribution in [2.24, 2.45) is 15.2 Å². The van der Waals surface area contributed by atoms with Crippen molar-refractivity contribution < 1.29 is 4.79 Å². The van der Waals surface area contributed by atoms with Crippen LogP contribution in [0.1, 0.15) is 6.92 Å². The van der Waals surface area contributed by atoms with E-state index < -0.39 is 6.17 Å². The summed E-state index contributed by atoms with van der Waals surface area (Å²) in [6, 6.07) is 0. The molecule has 2 aliphatic rings. The number of thioether (sulfide) groups is 1. The van der Waals surface area contributed by atoms with E-state index in [4.69, 9.17) is 0 Å². The summed E-state index contributed by atoms with van der Waals surface area (Å²) >= 11 is 1.39. The van der Waals surface area contributed by atoms with E-state index in [2.05, 4.69) is 20.5 Å². The van der Waals surface area contributed by atoms with Crippen LogP contribution in [-0.2, 0) is 4.79 Å². The lowest BCUT2D eigenvalue weighted by atomic mass is 10.1. The first-order chi connectivity index (χ1) is 6.22. The molecule has 1 amide bonds. The minimum atomic E-state index is -0.406. The van der Waals surface area contributed by atoms with Gasteiger partial charge in [-0.15, -0.1) is 0 Å². The Morgan fingerprint density at radius 3 is 3.00 bits per heavy atom. The van der Waals surface area contributed by atoms with Gasteiger partial charge in [0, 0.05) is 0 Å². The predicted octanol–water partition coefficient (Wildman–Crippen LogP) is 0.901. The van der Waals surface area contributed by atoms with Gasteiger partial charge in [0.2, 0.25) is 0 Å². The third kappa shape index (κ3) is 1.27. The Morgan fingerprint density at radius 1 is 1.54 bits per heavy atom. The highest BCUT2D eigenvalue weighted by Gasteiger charge is 2.31.